The lowest BCUT2D eigenvalue weighted by atomic mass is 10.1. The van der Waals surface area contributed by atoms with Crippen LogP contribution in [-0.4, -0.2) is 30.3 Å². The summed E-state index contributed by atoms with van der Waals surface area (Å²) in [6.45, 7) is 1.92. The third kappa shape index (κ3) is 5.63. The normalized spacial score (nSPS) is 13.1. The van der Waals surface area contributed by atoms with Crippen molar-refractivity contribution in [2.75, 3.05) is 22.1 Å². The molecule has 3 aromatic carbocycles. The van der Waals surface area contributed by atoms with Crippen LogP contribution < -0.4 is 15.5 Å². The molecule has 1 heterocycles. The SMILES string of the molecule is CCOC(=O)c1cccc(NC(=O)c2cccc(NC3=C(Cl)C(=O)N(c4cc(Cl)c(Cl)cc4Cl)C3=O)c2)c1. The summed E-state index contributed by atoms with van der Waals surface area (Å²) in [5.41, 5.74) is 1.03. The van der Waals surface area contributed by atoms with E-state index in [9.17, 15) is 19.2 Å². The number of carbonyl (C=O) groups excluding carboxylic acids is 4. The maximum Gasteiger partial charge on any atom is 0.338 e. The van der Waals surface area contributed by atoms with Gasteiger partial charge in [-0.25, -0.2) is 9.69 Å². The van der Waals surface area contributed by atoms with E-state index in [1.54, 1.807) is 43.3 Å². The van der Waals surface area contributed by atoms with Crippen molar-refractivity contribution in [1.82, 2.24) is 0 Å². The molecular weight excluding hydrogens is 576 g/mol. The Morgan fingerprint density at radius 1 is 0.816 bits per heavy atom. The maximum absolute atomic E-state index is 13.1. The van der Waals surface area contributed by atoms with Crippen molar-refractivity contribution in [3.8, 4) is 0 Å². The minimum absolute atomic E-state index is 0.0178. The molecule has 0 bridgehead atoms. The van der Waals surface area contributed by atoms with E-state index in [0.717, 1.165) is 4.90 Å². The Morgan fingerprint density at radius 2 is 1.45 bits per heavy atom. The van der Waals surface area contributed by atoms with Gasteiger partial charge in [0.2, 0.25) is 0 Å². The van der Waals surface area contributed by atoms with Crippen LogP contribution in [0.25, 0.3) is 0 Å². The van der Waals surface area contributed by atoms with Crippen LogP contribution in [0.1, 0.15) is 27.6 Å². The number of benzene rings is 3. The molecule has 3 amide bonds. The highest BCUT2D eigenvalue weighted by molar-refractivity contribution is 6.54. The van der Waals surface area contributed by atoms with Crippen molar-refractivity contribution >= 4 is 87.2 Å². The number of amides is 3. The summed E-state index contributed by atoms with van der Waals surface area (Å²) in [5.74, 6) is -2.57. The molecule has 2 N–H and O–H groups in total. The zero-order chi connectivity index (χ0) is 27.6. The Balaban J connectivity index is 1.53. The molecule has 4 rings (SSSR count). The summed E-state index contributed by atoms with van der Waals surface area (Å²) in [4.78, 5) is 51.5. The van der Waals surface area contributed by atoms with Crippen LogP contribution in [0.4, 0.5) is 17.1 Å². The number of ether oxygens (including phenoxy) is 1. The van der Waals surface area contributed by atoms with E-state index in [-0.39, 0.29) is 49.2 Å². The van der Waals surface area contributed by atoms with E-state index < -0.39 is 23.7 Å². The smallest absolute Gasteiger partial charge is 0.338 e. The van der Waals surface area contributed by atoms with E-state index in [1.807, 2.05) is 0 Å². The molecular formula is C26H17Cl4N3O5. The van der Waals surface area contributed by atoms with Crippen LogP contribution in [0.15, 0.2) is 71.4 Å². The fourth-order valence-corrected chi connectivity index (χ4v) is 4.38. The number of nitrogens with one attached hydrogen (secondary N) is 2. The maximum atomic E-state index is 13.1. The summed E-state index contributed by atoms with van der Waals surface area (Å²) in [6.07, 6.45) is 0. The van der Waals surface area contributed by atoms with Crippen LogP contribution in [0.3, 0.4) is 0 Å². The molecule has 0 unspecified atom stereocenters. The number of nitrogens with zero attached hydrogens (tertiary/aromatic N) is 1. The number of esters is 1. The lowest BCUT2D eigenvalue weighted by Crippen LogP contribution is -2.32. The third-order valence-electron chi connectivity index (χ3n) is 5.28. The second-order valence-corrected chi connectivity index (χ2v) is 9.41. The molecule has 0 aromatic heterocycles. The van der Waals surface area contributed by atoms with Crippen molar-refractivity contribution in [3.05, 3.63) is 97.6 Å². The van der Waals surface area contributed by atoms with Crippen LogP contribution in [-0.2, 0) is 14.3 Å². The van der Waals surface area contributed by atoms with Crippen molar-refractivity contribution in [1.29, 1.82) is 0 Å². The van der Waals surface area contributed by atoms with Gasteiger partial charge in [0.15, 0.2) is 0 Å². The van der Waals surface area contributed by atoms with Gasteiger partial charge >= 0.3 is 5.97 Å². The molecule has 1 aliphatic heterocycles. The largest absolute Gasteiger partial charge is 0.462 e. The predicted molar refractivity (Wildman–Crippen MR) is 147 cm³/mol. The third-order valence-corrected chi connectivity index (χ3v) is 6.66. The van der Waals surface area contributed by atoms with E-state index in [0.29, 0.717) is 11.4 Å². The lowest BCUT2D eigenvalue weighted by molar-refractivity contribution is -0.120. The Hall–Kier alpha value is -3.56. The van der Waals surface area contributed by atoms with Gasteiger partial charge in [-0.3, -0.25) is 14.4 Å². The van der Waals surface area contributed by atoms with E-state index >= 15 is 0 Å². The second-order valence-electron chi connectivity index (χ2n) is 7.81. The number of halogens is 4. The van der Waals surface area contributed by atoms with Gasteiger partial charge in [-0.05, 0) is 55.5 Å². The van der Waals surface area contributed by atoms with Crippen molar-refractivity contribution in [2.24, 2.45) is 0 Å². The number of anilines is 3. The Morgan fingerprint density at radius 3 is 2.16 bits per heavy atom. The summed E-state index contributed by atoms with van der Waals surface area (Å²) < 4.78 is 4.98. The van der Waals surface area contributed by atoms with Gasteiger partial charge in [-0.2, -0.15) is 0 Å². The molecule has 0 saturated heterocycles. The predicted octanol–water partition coefficient (Wildman–Crippen LogP) is 6.51. The van der Waals surface area contributed by atoms with Gasteiger partial charge in [0.25, 0.3) is 17.7 Å². The van der Waals surface area contributed by atoms with E-state index in [4.69, 9.17) is 51.1 Å². The molecule has 38 heavy (non-hydrogen) atoms. The first-order chi connectivity index (χ1) is 18.1. The molecule has 0 aliphatic carbocycles. The zero-order valence-corrected chi connectivity index (χ0v) is 22.5. The molecule has 12 heteroatoms. The summed E-state index contributed by atoms with van der Waals surface area (Å²) >= 11 is 24.4. The number of hydrogen-bond acceptors (Lipinski definition) is 6. The quantitative estimate of drug-likeness (QED) is 0.184. The molecule has 8 nitrogen and oxygen atoms in total. The molecule has 0 spiro atoms. The Kier molecular flexibility index (Phi) is 8.28. The zero-order valence-electron chi connectivity index (χ0n) is 19.5. The first-order valence-corrected chi connectivity index (χ1v) is 12.5. The second kappa shape index (κ2) is 11.4. The highest BCUT2D eigenvalue weighted by atomic mass is 35.5. The van der Waals surface area contributed by atoms with Crippen LogP contribution >= 0.6 is 46.4 Å². The van der Waals surface area contributed by atoms with Crippen LogP contribution in [0, 0.1) is 0 Å². The first-order valence-electron chi connectivity index (χ1n) is 11.0. The van der Waals surface area contributed by atoms with Gasteiger partial charge in [0.1, 0.15) is 10.7 Å². The molecule has 1 aliphatic rings. The van der Waals surface area contributed by atoms with Gasteiger partial charge in [0, 0.05) is 16.9 Å². The first kappa shape index (κ1) is 27.5. The van der Waals surface area contributed by atoms with Crippen LogP contribution in [0.5, 0.6) is 0 Å². The average molecular weight is 593 g/mol. The molecule has 194 valence electrons. The highest BCUT2D eigenvalue weighted by Gasteiger charge is 2.40. The Bertz CT molecular complexity index is 1520. The molecule has 0 fully saturated rings. The fraction of sp³-hybridized carbons (Fsp3) is 0.0769. The number of rotatable bonds is 7. The number of carbonyl (C=O) groups is 4. The number of imide groups is 1. The van der Waals surface area contributed by atoms with Gasteiger partial charge in [-0.1, -0.05) is 58.5 Å². The fourth-order valence-electron chi connectivity index (χ4n) is 3.54. The standard InChI is InChI=1S/C26H17Cl4N3O5/c1-2-38-26(37)14-6-4-8-16(10-14)32-23(34)13-5-3-7-15(9-13)31-22-21(30)24(35)33(25(22)36)20-12-18(28)17(27)11-19(20)29/h3-12,31H,2H2,1H3,(H,32,34). The monoisotopic (exact) mass is 591 g/mol. The van der Waals surface area contributed by atoms with Crippen molar-refractivity contribution < 1.29 is 23.9 Å². The molecule has 0 atom stereocenters. The van der Waals surface area contributed by atoms with Gasteiger partial charge in [-0.15, -0.1) is 0 Å². The summed E-state index contributed by atoms with van der Waals surface area (Å²) in [5, 5.41) is 5.41. The highest BCUT2D eigenvalue weighted by Crippen LogP contribution is 2.38. The topological polar surface area (TPSA) is 105 Å². The van der Waals surface area contributed by atoms with Gasteiger partial charge < -0.3 is 15.4 Å². The minimum Gasteiger partial charge on any atom is -0.462 e. The molecule has 3 aromatic rings. The van der Waals surface area contributed by atoms with Crippen LogP contribution in [0.2, 0.25) is 15.1 Å². The summed E-state index contributed by atoms with van der Waals surface area (Å²) in [6, 6.07) is 15.1. The Labute approximate surface area is 237 Å². The minimum atomic E-state index is -0.810. The lowest BCUT2D eigenvalue weighted by Gasteiger charge is -2.17. The van der Waals surface area contributed by atoms with Gasteiger partial charge in [0.05, 0.1) is 32.9 Å². The van der Waals surface area contributed by atoms with Crippen molar-refractivity contribution in [3.63, 3.8) is 0 Å². The van der Waals surface area contributed by atoms with E-state index in [1.165, 1.54) is 24.3 Å². The summed E-state index contributed by atoms with van der Waals surface area (Å²) in [7, 11) is 0. The molecule has 0 saturated carbocycles. The average Bonchev–Trinajstić information content (AvgIpc) is 3.09. The van der Waals surface area contributed by atoms with E-state index in [2.05, 4.69) is 10.6 Å². The van der Waals surface area contributed by atoms with Crippen molar-refractivity contribution in [2.45, 2.75) is 6.92 Å². The number of hydrogen-bond donors (Lipinski definition) is 2. The molecule has 0 radical (unpaired) electrons.